The monoisotopic (exact) mass is 307 g/mol. The third-order valence-electron chi connectivity index (χ3n) is 4.08. The second-order valence-electron chi connectivity index (χ2n) is 5.45. The van der Waals surface area contributed by atoms with Crippen LogP contribution >= 0.6 is 11.6 Å². The second kappa shape index (κ2) is 6.33. The van der Waals surface area contributed by atoms with Crippen molar-refractivity contribution in [3.63, 3.8) is 0 Å². The molecule has 1 atom stereocenters. The molecule has 1 unspecified atom stereocenters. The van der Waals surface area contributed by atoms with Gasteiger partial charge in [-0.15, -0.1) is 11.6 Å². The molecule has 0 saturated carbocycles. The minimum Gasteiger partial charge on any atom is -0.259 e. The molecular formula is C20H18ClN. The lowest BCUT2D eigenvalue weighted by molar-refractivity contribution is 1.04. The fourth-order valence-corrected chi connectivity index (χ4v) is 3.01. The second-order valence-corrected chi connectivity index (χ2v) is 5.89. The van der Waals surface area contributed by atoms with Gasteiger partial charge in [0.2, 0.25) is 0 Å². The molecule has 0 aliphatic heterocycles. The predicted octanol–water partition coefficient (Wildman–Crippen LogP) is 5.69. The van der Waals surface area contributed by atoms with E-state index in [1.807, 2.05) is 24.3 Å². The van der Waals surface area contributed by atoms with E-state index in [1.165, 1.54) is 22.3 Å². The first kappa shape index (κ1) is 14.8. The van der Waals surface area contributed by atoms with Gasteiger partial charge in [0.15, 0.2) is 0 Å². The molecule has 0 spiro atoms. The molecule has 0 bridgehead atoms. The molecule has 0 amide bonds. The van der Waals surface area contributed by atoms with Gasteiger partial charge in [-0.05, 0) is 53.8 Å². The molecule has 1 aromatic heterocycles. The van der Waals surface area contributed by atoms with Crippen LogP contribution in [0.1, 0.15) is 27.8 Å². The summed E-state index contributed by atoms with van der Waals surface area (Å²) in [5.41, 5.74) is 6.96. The minimum absolute atomic E-state index is 0.252. The average molecular weight is 308 g/mol. The van der Waals surface area contributed by atoms with Crippen molar-refractivity contribution in [2.75, 3.05) is 0 Å². The van der Waals surface area contributed by atoms with Crippen molar-refractivity contribution in [2.45, 2.75) is 19.2 Å². The highest BCUT2D eigenvalue weighted by Crippen LogP contribution is 2.36. The third-order valence-corrected chi connectivity index (χ3v) is 4.53. The minimum atomic E-state index is -0.252. The van der Waals surface area contributed by atoms with Gasteiger partial charge in [0, 0.05) is 6.20 Å². The summed E-state index contributed by atoms with van der Waals surface area (Å²) in [6.45, 7) is 4.30. The van der Waals surface area contributed by atoms with Crippen molar-refractivity contribution in [3.8, 4) is 11.1 Å². The summed E-state index contributed by atoms with van der Waals surface area (Å²) < 4.78 is 0. The van der Waals surface area contributed by atoms with E-state index in [-0.39, 0.29) is 5.38 Å². The maximum absolute atomic E-state index is 6.72. The molecule has 1 nitrogen and oxygen atoms in total. The summed E-state index contributed by atoms with van der Waals surface area (Å²) in [6.07, 6.45) is 1.78. The molecule has 0 saturated heterocycles. The number of hydrogen-bond acceptors (Lipinski definition) is 1. The summed E-state index contributed by atoms with van der Waals surface area (Å²) in [4.78, 5) is 4.40. The van der Waals surface area contributed by atoms with Gasteiger partial charge in [0.25, 0.3) is 0 Å². The third kappa shape index (κ3) is 2.77. The van der Waals surface area contributed by atoms with Crippen molar-refractivity contribution >= 4 is 11.6 Å². The van der Waals surface area contributed by atoms with Crippen molar-refractivity contribution in [1.82, 2.24) is 4.98 Å². The molecule has 2 heteroatoms. The normalized spacial score (nSPS) is 12.1. The molecule has 22 heavy (non-hydrogen) atoms. The van der Waals surface area contributed by atoms with Gasteiger partial charge in [-0.25, -0.2) is 0 Å². The van der Waals surface area contributed by atoms with E-state index in [1.54, 1.807) is 6.20 Å². The van der Waals surface area contributed by atoms with E-state index in [2.05, 4.69) is 55.2 Å². The Bertz CT molecular complexity index is 781. The zero-order valence-corrected chi connectivity index (χ0v) is 13.5. The fraction of sp³-hybridized carbons (Fsp3) is 0.150. The number of benzene rings is 2. The molecule has 0 N–H and O–H groups in total. The van der Waals surface area contributed by atoms with Crippen LogP contribution in [0, 0.1) is 13.8 Å². The highest BCUT2D eigenvalue weighted by molar-refractivity contribution is 6.23. The maximum Gasteiger partial charge on any atom is 0.101 e. The molecule has 3 rings (SSSR count). The zero-order chi connectivity index (χ0) is 15.5. The molecular weight excluding hydrogens is 290 g/mol. The van der Waals surface area contributed by atoms with Crippen LogP contribution in [0.2, 0.25) is 0 Å². The van der Waals surface area contributed by atoms with Crippen LogP contribution < -0.4 is 0 Å². The Morgan fingerprint density at radius 1 is 0.818 bits per heavy atom. The van der Waals surface area contributed by atoms with Crippen molar-refractivity contribution < 1.29 is 0 Å². The Balaban J connectivity index is 2.13. The Morgan fingerprint density at radius 3 is 2.32 bits per heavy atom. The van der Waals surface area contributed by atoms with E-state index < -0.39 is 0 Å². The molecule has 0 aliphatic rings. The van der Waals surface area contributed by atoms with E-state index in [0.29, 0.717) is 0 Å². The largest absolute Gasteiger partial charge is 0.259 e. The van der Waals surface area contributed by atoms with Crippen LogP contribution in [0.3, 0.4) is 0 Å². The lowest BCUT2D eigenvalue weighted by atomic mass is 9.91. The van der Waals surface area contributed by atoms with Gasteiger partial charge in [-0.2, -0.15) is 0 Å². The average Bonchev–Trinajstić information content (AvgIpc) is 2.57. The first-order valence-electron chi connectivity index (χ1n) is 7.39. The van der Waals surface area contributed by atoms with Crippen LogP contribution in [0.25, 0.3) is 11.1 Å². The quantitative estimate of drug-likeness (QED) is 0.566. The van der Waals surface area contributed by atoms with Gasteiger partial charge < -0.3 is 0 Å². The molecule has 0 aliphatic carbocycles. The Morgan fingerprint density at radius 2 is 1.55 bits per heavy atom. The fourth-order valence-electron chi connectivity index (χ4n) is 2.69. The number of aryl methyl sites for hydroxylation is 1. The number of alkyl halides is 1. The summed E-state index contributed by atoms with van der Waals surface area (Å²) in [5.74, 6) is 0. The van der Waals surface area contributed by atoms with Gasteiger partial charge in [-0.3, -0.25) is 4.98 Å². The van der Waals surface area contributed by atoms with Crippen LogP contribution in [0.5, 0.6) is 0 Å². The van der Waals surface area contributed by atoms with Gasteiger partial charge in [0.05, 0.1) is 5.69 Å². The molecule has 2 aromatic carbocycles. The topological polar surface area (TPSA) is 12.9 Å². The van der Waals surface area contributed by atoms with Crippen molar-refractivity contribution in [1.29, 1.82) is 0 Å². The van der Waals surface area contributed by atoms with E-state index >= 15 is 0 Å². The van der Waals surface area contributed by atoms with E-state index in [9.17, 15) is 0 Å². The first-order valence-corrected chi connectivity index (χ1v) is 7.82. The van der Waals surface area contributed by atoms with Crippen molar-refractivity contribution in [3.05, 3.63) is 89.2 Å². The number of nitrogens with zero attached hydrogens (tertiary/aromatic N) is 1. The summed E-state index contributed by atoms with van der Waals surface area (Å²) >= 11 is 6.72. The number of aromatic nitrogens is 1. The number of pyridine rings is 1. The Hall–Kier alpha value is -2.12. The van der Waals surface area contributed by atoms with Crippen LogP contribution in [-0.4, -0.2) is 4.98 Å². The Labute approximate surface area is 136 Å². The molecule has 1 heterocycles. The first-order chi connectivity index (χ1) is 10.7. The van der Waals surface area contributed by atoms with E-state index in [4.69, 9.17) is 11.6 Å². The number of rotatable bonds is 3. The van der Waals surface area contributed by atoms with Crippen LogP contribution in [0.15, 0.2) is 66.9 Å². The summed E-state index contributed by atoms with van der Waals surface area (Å²) in [6, 6.07) is 20.5. The van der Waals surface area contributed by atoms with E-state index in [0.717, 1.165) is 11.3 Å². The van der Waals surface area contributed by atoms with Crippen LogP contribution in [-0.2, 0) is 0 Å². The molecule has 110 valence electrons. The van der Waals surface area contributed by atoms with Crippen LogP contribution in [0.4, 0.5) is 0 Å². The number of halogens is 1. The predicted molar refractivity (Wildman–Crippen MR) is 93.3 cm³/mol. The SMILES string of the molecule is Cc1cccc(-c2ccccc2C(Cl)c2ccccn2)c1C. The lowest BCUT2D eigenvalue weighted by Crippen LogP contribution is -1.99. The molecule has 0 fully saturated rings. The maximum atomic E-state index is 6.72. The standard InChI is InChI=1S/C20H18ClN/c1-14-8-7-11-16(15(14)2)17-9-3-4-10-18(17)20(21)19-12-5-6-13-22-19/h3-13,20H,1-2H3. The molecule has 0 radical (unpaired) electrons. The highest BCUT2D eigenvalue weighted by atomic mass is 35.5. The zero-order valence-electron chi connectivity index (χ0n) is 12.8. The van der Waals surface area contributed by atoms with Gasteiger partial charge in [-0.1, -0.05) is 48.5 Å². The lowest BCUT2D eigenvalue weighted by Gasteiger charge is -2.17. The molecule has 3 aromatic rings. The number of hydrogen-bond donors (Lipinski definition) is 0. The summed E-state index contributed by atoms with van der Waals surface area (Å²) in [7, 11) is 0. The summed E-state index contributed by atoms with van der Waals surface area (Å²) in [5, 5.41) is -0.252. The smallest absolute Gasteiger partial charge is 0.101 e. The Kier molecular flexibility index (Phi) is 4.26. The van der Waals surface area contributed by atoms with Crippen molar-refractivity contribution in [2.24, 2.45) is 0 Å². The van der Waals surface area contributed by atoms with Gasteiger partial charge >= 0.3 is 0 Å². The van der Waals surface area contributed by atoms with Gasteiger partial charge in [0.1, 0.15) is 5.38 Å². The highest BCUT2D eigenvalue weighted by Gasteiger charge is 2.17.